The van der Waals surface area contributed by atoms with Crippen molar-refractivity contribution in [2.45, 2.75) is 43.8 Å². The van der Waals surface area contributed by atoms with Crippen LogP contribution in [0.2, 0.25) is 0 Å². The van der Waals surface area contributed by atoms with Crippen LogP contribution in [0.1, 0.15) is 39.9 Å². The Kier molecular flexibility index (Phi) is 6.42. The molecule has 0 heterocycles. The standard InChI is InChI=1S/C21H22BF3N2O4/c1-13-6-8-14(9-7-13)12-17(22(30)31)26-19(29)20(10-11-20)27-18(28)15-4-2-3-5-16(15)21(23,24)25/h2-9,17,30-31H,10-12H2,1H3,(H,26,29)(H,27,28)/t17-/m0/s1. The Morgan fingerprint density at radius 3 is 2.26 bits per heavy atom. The molecule has 6 nitrogen and oxygen atoms in total. The Morgan fingerprint density at radius 2 is 1.71 bits per heavy atom. The zero-order valence-electron chi connectivity index (χ0n) is 16.7. The number of benzene rings is 2. The van der Waals surface area contributed by atoms with Crippen LogP contribution >= 0.6 is 0 Å². The summed E-state index contributed by atoms with van der Waals surface area (Å²) in [6.45, 7) is 1.90. The van der Waals surface area contributed by atoms with Crippen molar-refractivity contribution < 1.29 is 32.8 Å². The number of carbonyl (C=O) groups excluding carboxylic acids is 2. The van der Waals surface area contributed by atoms with Gasteiger partial charge in [0.25, 0.3) is 5.91 Å². The van der Waals surface area contributed by atoms with Crippen molar-refractivity contribution in [1.82, 2.24) is 10.6 Å². The van der Waals surface area contributed by atoms with E-state index in [9.17, 15) is 32.8 Å². The number of rotatable bonds is 7. The number of alkyl halides is 3. The highest BCUT2D eigenvalue weighted by atomic mass is 19.4. The molecular formula is C21H22BF3N2O4. The van der Waals surface area contributed by atoms with Crippen LogP contribution in [0.3, 0.4) is 0 Å². The highest BCUT2D eigenvalue weighted by molar-refractivity contribution is 6.43. The van der Waals surface area contributed by atoms with Gasteiger partial charge in [-0.05, 0) is 43.9 Å². The van der Waals surface area contributed by atoms with Crippen LogP contribution in [0.4, 0.5) is 13.2 Å². The van der Waals surface area contributed by atoms with Crippen LogP contribution in [0.25, 0.3) is 0 Å². The van der Waals surface area contributed by atoms with Crippen molar-refractivity contribution in [3.05, 3.63) is 70.8 Å². The minimum atomic E-state index is -4.72. The maximum Gasteiger partial charge on any atom is 0.475 e. The molecule has 0 radical (unpaired) electrons. The topological polar surface area (TPSA) is 98.7 Å². The van der Waals surface area contributed by atoms with E-state index in [0.29, 0.717) is 0 Å². The summed E-state index contributed by atoms with van der Waals surface area (Å²) in [5, 5.41) is 24.3. The molecule has 0 bridgehead atoms. The fraction of sp³-hybridized carbons (Fsp3) is 0.333. The molecule has 0 aromatic heterocycles. The van der Waals surface area contributed by atoms with E-state index < -0.39 is 47.7 Å². The first-order chi connectivity index (χ1) is 14.5. The molecule has 0 saturated heterocycles. The van der Waals surface area contributed by atoms with Gasteiger partial charge in [-0.15, -0.1) is 0 Å². The van der Waals surface area contributed by atoms with Crippen LogP contribution in [-0.4, -0.2) is 40.5 Å². The lowest BCUT2D eigenvalue weighted by Crippen LogP contribution is -2.56. The predicted molar refractivity (Wildman–Crippen MR) is 108 cm³/mol. The zero-order valence-corrected chi connectivity index (χ0v) is 16.7. The largest absolute Gasteiger partial charge is 0.475 e. The molecule has 0 unspecified atom stereocenters. The third-order valence-electron chi connectivity index (χ3n) is 5.27. The van der Waals surface area contributed by atoms with E-state index in [1.807, 2.05) is 19.1 Å². The lowest BCUT2D eigenvalue weighted by molar-refractivity contribution is -0.137. The number of nitrogens with one attached hydrogen (secondary N) is 2. The SMILES string of the molecule is Cc1ccc(C[C@H](NC(=O)C2(NC(=O)c3ccccc3C(F)(F)F)CC2)B(O)O)cc1. The van der Waals surface area contributed by atoms with Gasteiger partial charge in [-0.2, -0.15) is 13.2 Å². The minimum absolute atomic E-state index is 0.130. The number of amides is 2. The molecule has 4 N–H and O–H groups in total. The van der Waals surface area contributed by atoms with Crippen molar-refractivity contribution in [3.63, 3.8) is 0 Å². The number of hydrogen-bond acceptors (Lipinski definition) is 4. The first-order valence-corrected chi connectivity index (χ1v) is 9.73. The second-order valence-electron chi connectivity index (χ2n) is 7.76. The second-order valence-corrected chi connectivity index (χ2v) is 7.76. The fourth-order valence-electron chi connectivity index (χ4n) is 3.26. The average Bonchev–Trinajstić information content (AvgIpc) is 3.49. The summed E-state index contributed by atoms with van der Waals surface area (Å²) in [7, 11) is -1.86. The lowest BCUT2D eigenvalue weighted by Gasteiger charge is -2.23. The molecule has 1 aliphatic carbocycles. The van der Waals surface area contributed by atoms with Gasteiger partial charge in [0.2, 0.25) is 5.91 Å². The minimum Gasteiger partial charge on any atom is -0.426 e. The Hall–Kier alpha value is -2.85. The van der Waals surface area contributed by atoms with Crippen LogP contribution in [0, 0.1) is 6.92 Å². The van der Waals surface area contributed by atoms with E-state index in [1.54, 1.807) is 12.1 Å². The Balaban J connectivity index is 1.71. The van der Waals surface area contributed by atoms with Crippen molar-refractivity contribution in [2.24, 2.45) is 0 Å². The number of halogens is 3. The van der Waals surface area contributed by atoms with E-state index in [0.717, 1.165) is 23.3 Å². The molecule has 0 spiro atoms. The molecule has 3 rings (SSSR count). The molecule has 1 atom stereocenters. The van der Waals surface area contributed by atoms with Gasteiger partial charge in [0.05, 0.1) is 17.1 Å². The first-order valence-electron chi connectivity index (χ1n) is 9.73. The Labute approximate surface area is 177 Å². The van der Waals surface area contributed by atoms with Gasteiger partial charge in [-0.1, -0.05) is 42.0 Å². The summed E-state index contributed by atoms with van der Waals surface area (Å²) in [5.74, 6) is -2.73. The van der Waals surface area contributed by atoms with Gasteiger partial charge in [-0.25, -0.2) is 0 Å². The number of carbonyl (C=O) groups is 2. The quantitative estimate of drug-likeness (QED) is 0.502. The van der Waals surface area contributed by atoms with Crippen molar-refractivity contribution in [2.75, 3.05) is 0 Å². The van der Waals surface area contributed by atoms with Crippen LogP contribution in [0.5, 0.6) is 0 Å². The van der Waals surface area contributed by atoms with Gasteiger partial charge in [-0.3, -0.25) is 9.59 Å². The van der Waals surface area contributed by atoms with Crippen molar-refractivity contribution >= 4 is 18.9 Å². The molecular weight excluding hydrogens is 412 g/mol. The molecule has 31 heavy (non-hydrogen) atoms. The number of hydrogen-bond donors (Lipinski definition) is 4. The summed E-state index contributed by atoms with van der Waals surface area (Å²) in [5.41, 5.74) is -1.26. The molecule has 0 aliphatic heterocycles. The van der Waals surface area contributed by atoms with Gasteiger partial charge in [0, 0.05) is 0 Å². The molecule has 1 saturated carbocycles. The molecule has 164 valence electrons. The predicted octanol–water partition coefficient (Wildman–Crippen LogP) is 2.02. The maximum atomic E-state index is 13.2. The average molecular weight is 434 g/mol. The van der Waals surface area contributed by atoms with E-state index in [2.05, 4.69) is 10.6 Å². The van der Waals surface area contributed by atoms with E-state index >= 15 is 0 Å². The number of aryl methyl sites for hydroxylation is 1. The van der Waals surface area contributed by atoms with Crippen molar-refractivity contribution in [3.8, 4) is 0 Å². The summed E-state index contributed by atoms with van der Waals surface area (Å²) < 4.78 is 39.6. The van der Waals surface area contributed by atoms with E-state index in [1.165, 1.54) is 12.1 Å². The Morgan fingerprint density at radius 1 is 1.10 bits per heavy atom. The molecule has 1 aliphatic rings. The van der Waals surface area contributed by atoms with E-state index in [4.69, 9.17) is 0 Å². The van der Waals surface area contributed by atoms with Crippen LogP contribution in [0.15, 0.2) is 48.5 Å². The smallest absolute Gasteiger partial charge is 0.426 e. The van der Waals surface area contributed by atoms with Gasteiger partial charge < -0.3 is 20.7 Å². The summed E-state index contributed by atoms with van der Waals surface area (Å²) in [4.78, 5) is 25.3. The van der Waals surface area contributed by atoms with Crippen LogP contribution < -0.4 is 10.6 Å². The lowest BCUT2D eigenvalue weighted by atomic mass is 9.75. The third kappa shape index (κ3) is 5.45. The molecule has 2 aromatic rings. The van der Waals surface area contributed by atoms with Gasteiger partial charge in [0.1, 0.15) is 5.54 Å². The monoisotopic (exact) mass is 434 g/mol. The van der Waals surface area contributed by atoms with E-state index in [-0.39, 0.29) is 19.3 Å². The molecule has 10 heteroatoms. The second kappa shape index (κ2) is 8.72. The summed E-state index contributed by atoms with van der Waals surface area (Å²) >= 11 is 0. The van der Waals surface area contributed by atoms with Crippen molar-refractivity contribution in [1.29, 1.82) is 0 Å². The maximum absolute atomic E-state index is 13.2. The van der Waals surface area contributed by atoms with Gasteiger partial charge >= 0.3 is 13.3 Å². The molecule has 2 amide bonds. The Bertz CT molecular complexity index is 960. The third-order valence-corrected chi connectivity index (χ3v) is 5.27. The molecule has 2 aromatic carbocycles. The highest BCUT2D eigenvalue weighted by Gasteiger charge is 2.52. The fourth-order valence-corrected chi connectivity index (χ4v) is 3.26. The van der Waals surface area contributed by atoms with Crippen LogP contribution in [-0.2, 0) is 17.4 Å². The normalized spacial score (nSPS) is 15.7. The van der Waals surface area contributed by atoms with Gasteiger partial charge in [0.15, 0.2) is 0 Å². The zero-order chi connectivity index (χ0) is 22.8. The summed E-state index contributed by atoms with van der Waals surface area (Å²) in [6, 6.07) is 11.6. The first kappa shape index (κ1) is 22.8. The highest BCUT2D eigenvalue weighted by Crippen LogP contribution is 2.37. The molecule has 1 fully saturated rings. The summed E-state index contributed by atoms with van der Waals surface area (Å²) in [6.07, 6.45) is -4.12.